The Hall–Kier alpha value is -4.37. The van der Waals surface area contributed by atoms with Gasteiger partial charge in [-0.2, -0.15) is 0 Å². The van der Waals surface area contributed by atoms with Crippen molar-refractivity contribution in [3.8, 4) is 0 Å². The quantitative estimate of drug-likeness (QED) is 0.207. The summed E-state index contributed by atoms with van der Waals surface area (Å²) < 4.78 is 77.6. The molecule has 0 radical (unpaired) electrons. The molecule has 0 amide bonds. The summed E-state index contributed by atoms with van der Waals surface area (Å²) in [5.74, 6) is -0.729. The minimum atomic E-state index is -3.65. The number of hydrogen-bond donors (Lipinski definition) is 2. The van der Waals surface area contributed by atoms with Crippen LogP contribution in [-0.4, -0.2) is 64.3 Å². The highest BCUT2D eigenvalue weighted by molar-refractivity contribution is 7.94. The number of nitrogen functional groups attached to an aromatic ring is 1. The molecule has 0 spiro atoms. The van der Waals surface area contributed by atoms with Gasteiger partial charge >= 0.3 is 0 Å². The Morgan fingerprint density at radius 1 is 0.745 bits per heavy atom. The first-order valence-corrected chi connectivity index (χ1v) is 21.6. The maximum atomic E-state index is 15.0. The van der Waals surface area contributed by atoms with Crippen molar-refractivity contribution < 1.29 is 25.6 Å². The topological polar surface area (TPSA) is 184 Å². The van der Waals surface area contributed by atoms with Crippen LogP contribution < -0.4 is 11.5 Å². The van der Waals surface area contributed by atoms with Gasteiger partial charge in [-0.05, 0) is 109 Å². The summed E-state index contributed by atoms with van der Waals surface area (Å²) in [6.07, 6.45) is 8.64. The zero-order valence-electron chi connectivity index (χ0n) is 32.3. The maximum Gasteiger partial charge on any atom is 0.165 e. The van der Waals surface area contributed by atoms with Crippen LogP contribution in [0, 0.1) is 17.6 Å². The van der Waals surface area contributed by atoms with E-state index >= 15 is 0 Å². The second-order valence-electron chi connectivity index (χ2n) is 16.5. The van der Waals surface area contributed by atoms with Crippen molar-refractivity contribution in [2.75, 3.05) is 17.2 Å². The molecule has 0 unspecified atom stereocenters. The van der Waals surface area contributed by atoms with Gasteiger partial charge in [-0.15, -0.1) is 0 Å². The molecule has 11 nitrogen and oxygen atoms in total. The Morgan fingerprint density at radius 3 is 1.96 bits per heavy atom. The van der Waals surface area contributed by atoms with Gasteiger partial charge in [-0.25, -0.2) is 35.6 Å². The Morgan fingerprint density at radius 2 is 1.35 bits per heavy atom. The zero-order valence-corrected chi connectivity index (χ0v) is 34.0. The number of amidine groups is 1. The highest BCUT2D eigenvalue weighted by Crippen LogP contribution is 2.40. The molecule has 4 N–H and O–H groups in total. The van der Waals surface area contributed by atoms with Crippen molar-refractivity contribution in [3.63, 3.8) is 0 Å². The summed E-state index contributed by atoms with van der Waals surface area (Å²) in [6, 6.07) is 10.9. The average Bonchev–Trinajstić information content (AvgIpc) is 3.92. The number of rotatable bonds is 7. The summed E-state index contributed by atoms with van der Waals surface area (Å²) in [6.45, 7) is 11.2. The van der Waals surface area contributed by atoms with E-state index in [1.165, 1.54) is 69.3 Å². The van der Waals surface area contributed by atoms with E-state index in [-0.39, 0.29) is 28.5 Å². The minimum absolute atomic E-state index is 0.0143. The van der Waals surface area contributed by atoms with Crippen LogP contribution >= 0.6 is 0 Å². The van der Waals surface area contributed by atoms with Gasteiger partial charge in [0.15, 0.2) is 19.7 Å². The number of halogens is 2. The minimum Gasteiger partial charge on any atom is -0.399 e. The van der Waals surface area contributed by atoms with Gasteiger partial charge in [0.25, 0.3) is 0 Å². The molecule has 2 aliphatic heterocycles. The van der Waals surface area contributed by atoms with Gasteiger partial charge in [0.05, 0.1) is 28.3 Å². The number of nitrogens with zero attached hydrogens (tertiary/aromatic N) is 5. The molecule has 2 aromatic heterocycles. The van der Waals surface area contributed by atoms with Gasteiger partial charge in [0.1, 0.15) is 44.3 Å². The number of benzene rings is 2. The summed E-state index contributed by atoms with van der Waals surface area (Å²) in [7, 11) is -7.08. The van der Waals surface area contributed by atoms with Gasteiger partial charge in [0.2, 0.25) is 0 Å². The van der Waals surface area contributed by atoms with Crippen molar-refractivity contribution in [3.05, 3.63) is 94.6 Å². The van der Waals surface area contributed by atoms with E-state index in [4.69, 9.17) is 11.5 Å². The predicted molar refractivity (Wildman–Crippen MR) is 214 cm³/mol. The molecule has 1 fully saturated rings. The normalized spacial score (nSPS) is 25.0. The number of nitrogens with two attached hydrogens (primary N) is 2. The van der Waals surface area contributed by atoms with E-state index in [9.17, 15) is 25.6 Å². The van der Waals surface area contributed by atoms with Crippen LogP contribution in [-0.2, 0) is 43.6 Å². The Balaban J connectivity index is 0.000000219. The predicted octanol–water partition coefficient (Wildman–Crippen LogP) is 6.17. The van der Waals surface area contributed by atoms with E-state index in [1.807, 2.05) is 6.20 Å². The molecule has 2 atom stereocenters. The fourth-order valence-electron chi connectivity index (χ4n) is 7.06. The van der Waals surface area contributed by atoms with Crippen LogP contribution in [0.1, 0.15) is 95.7 Å². The van der Waals surface area contributed by atoms with E-state index < -0.39 is 51.9 Å². The summed E-state index contributed by atoms with van der Waals surface area (Å²) in [5.41, 5.74) is 14.7. The first-order chi connectivity index (χ1) is 25.5. The highest BCUT2D eigenvalue weighted by Gasteiger charge is 2.50. The molecule has 0 bridgehead atoms. The second kappa shape index (κ2) is 14.0. The van der Waals surface area contributed by atoms with Gasteiger partial charge in [-0.1, -0.05) is 25.0 Å². The van der Waals surface area contributed by atoms with Crippen molar-refractivity contribution in [1.82, 2.24) is 15.0 Å². The SMILES string of the molecule is CC1(C)C(N)=N[C@](C)(c2cc(Cc3ncnc4cc(CCC5CC5)cnc34)ccc2F)CS1(=O)=O.CC1=N[C@](C)(c2cc(N)ccc2F)CS(=O)(=O)C1(C)C. The van der Waals surface area contributed by atoms with Crippen molar-refractivity contribution >= 4 is 47.9 Å². The first kappa shape index (κ1) is 40.3. The zero-order chi connectivity index (χ0) is 40.4. The largest absolute Gasteiger partial charge is 0.399 e. The molecule has 4 aromatic rings. The summed E-state index contributed by atoms with van der Waals surface area (Å²) in [5, 5.41) is 0. The maximum absolute atomic E-state index is 15.0. The molecular formula is C40H49F2N7O4S2. The third-order valence-corrected chi connectivity index (χ3v) is 17.0. The molecule has 15 heteroatoms. The molecule has 2 aromatic carbocycles. The van der Waals surface area contributed by atoms with Crippen LogP contribution in [0.5, 0.6) is 0 Å². The van der Waals surface area contributed by atoms with E-state index in [0.717, 1.165) is 29.1 Å². The van der Waals surface area contributed by atoms with Gasteiger partial charge in [0, 0.05) is 35.1 Å². The number of anilines is 1. The van der Waals surface area contributed by atoms with Gasteiger partial charge < -0.3 is 11.5 Å². The van der Waals surface area contributed by atoms with Crippen LogP contribution in [0.15, 0.2) is 65.0 Å². The lowest BCUT2D eigenvalue weighted by molar-refractivity contribution is 0.474. The number of hydrogen-bond acceptors (Lipinski definition) is 11. The molecule has 1 saturated carbocycles. The van der Waals surface area contributed by atoms with E-state index in [1.54, 1.807) is 46.8 Å². The molecular weight excluding hydrogens is 745 g/mol. The number of aryl methyl sites for hydroxylation is 1. The van der Waals surface area contributed by atoms with Crippen LogP contribution in [0.2, 0.25) is 0 Å². The fraction of sp³-hybridized carbons (Fsp3) is 0.475. The third-order valence-electron chi connectivity index (χ3n) is 11.5. The average molecular weight is 794 g/mol. The molecule has 55 heavy (non-hydrogen) atoms. The fourth-order valence-corrected chi connectivity index (χ4v) is 10.6. The smallest absolute Gasteiger partial charge is 0.165 e. The molecule has 4 heterocycles. The first-order valence-electron chi connectivity index (χ1n) is 18.3. The van der Waals surface area contributed by atoms with Crippen LogP contribution in [0.25, 0.3) is 11.0 Å². The van der Waals surface area contributed by atoms with Gasteiger partial charge in [-0.3, -0.25) is 15.0 Å². The summed E-state index contributed by atoms with van der Waals surface area (Å²) in [4.78, 5) is 22.4. The van der Waals surface area contributed by atoms with E-state index in [2.05, 4.69) is 31.0 Å². The Bertz CT molecular complexity index is 2470. The molecule has 294 valence electrons. The number of aromatic nitrogens is 3. The number of aliphatic imine (C=N–C) groups is 2. The number of fused-ring (bicyclic) bond motifs is 1. The van der Waals surface area contributed by atoms with Crippen molar-refractivity contribution in [2.24, 2.45) is 21.6 Å². The molecule has 1 aliphatic carbocycles. The second-order valence-corrected chi connectivity index (χ2v) is 21.6. The lowest BCUT2D eigenvalue weighted by Gasteiger charge is -2.38. The molecule has 7 rings (SSSR count). The Kier molecular flexibility index (Phi) is 10.2. The number of pyridine rings is 1. The monoisotopic (exact) mass is 793 g/mol. The van der Waals surface area contributed by atoms with Crippen molar-refractivity contribution in [2.45, 2.75) is 101 Å². The van der Waals surface area contributed by atoms with Crippen molar-refractivity contribution in [1.29, 1.82) is 0 Å². The van der Waals surface area contributed by atoms with Crippen LogP contribution in [0.4, 0.5) is 14.5 Å². The standard InChI is InChI=1S/C26H30FN5O2S.C14H19FN2O2S/c1-25(2)24(28)32-26(3,14-35(25,33)34)19-10-17(8-9-20(19)27)11-21-23-22(31-15-30-21)12-18(13-29-23)7-6-16-4-5-16;1-9-13(2,3)20(18,19)8-14(4,17-9)11-7-10(16)5-6-12(11)15/h8-10,12-13,15-16H,4-7,11,14H2,1-3H3,(H2,28,32);5-7H,8,16H2,1-4H3/t26-;14-/m00/s1. The summed E-state index contributed by atoms with van der Waals surface area (Å²) >= 11 is 0. The lowest BCUT2D eigenvalue weighted by Crippen LogP contribution is -2.55. The molecule has 3 aliphatic rings. The van der Waals surface area contributed by atoms with E-state index in [0.29, 0.717) is 23.3 Å². The molecule has 0 saturated heterocycles. The lowest BCUT2D eigenvalue weighted by atomic mass is 9.91. The third kappa shape index (κ3) is 7.74. The Labute approximate surface area is 322 Å². The van der Waals surface area contributed by atoms with Crippen LogP contribution in [0.3, 0.4) is 0 Å². The number of sulfone groups is 2. The highest BCUT2D eigenvalue weighted by atomic mass is 32.2.